The summed E-state index contributed by atoms with van der Waals surface area (Å²) in [5, 5.41) is 0.965. The molecule has 25 heavy (non-hydrogen) atoms. The van der Waals surface area contributed by atoms with Crippen molar-refractivity contribution in [2.45, 2.75) is 33.2 Å². The van der Waals surface area contributed by atoms with Crippen LogP contribution in [0.4, 0.5) is 0 Å². The number of benzene rings is 2. The van der Waals surface area contributed by atoms with E-state index in [0.717, 1.165) is 46.3 Å². The molecule has 0 N–H and O–H groups in total. The van der Waals surface area contributed by atoms with Crippen molar-refractivity contribution in [3.8, 4) is 0 Å². The molecule has 0 radical (unpaired) electrons. The van der Waals surface area contributed by atoms with E-state index in [1.54, 1.807) is 0 Å². The van der Waals surface area contributed by atoms with Gasteiger partial charge in [0.2, 0.25) is 0 Å². The van der Waals surface area contributed by atoms with Gasteiger partial charge in [-0.15, -0.1) is 0 Å². The first kappa shape index (κ1) is 15.8. The van der Waals surface area contributed by atoms with Crippen LogP contribution in [0.25, 0.3) is 10.9 Å². The first-order valence-electron chi connectivity index (χ1n) is 8.80. The smallest absolute Gasteiger partial charge is 0.255 e. The Labute approximate surface area is 148 Å². The van der Waals surface area contributed by atoms with Gasteiger partial charge >= 0.3 is 0 Å². The number of fused-ring (bicyclic) bond motifs is 1. The number of rotatable bonds is 2. The van der Waals surface area contributed by atoms with Crippen LogP contribution in [0.3, 0.4) is 0 Å². The lowest BCUT2D eigenvalue weighted by Gasteiger charge is -2.42. The molecule has 1 fully saturated rings. The van der Waals surface area contributed by atoms with Crippen molar-refractivity contribution in [1.29, 1.82) is 0 Å². The zero-order valence-electron chi connectivity index (χ0n) is 14.9. The molecule has 0 unspecified atom stereocenters. The van der Waals surface area contributed by atoms with Gasteiger partial charge in [0.1, 0.15) is 0 Å². The van der Waals surface area contributed by atoms with Gasteiger partial charge in [0, 0.05) is 17.6 Å². The molecule has 1 amide bonds. The topological polar surface area (TPSA) is 33.2 Å². The third-order valence-electron chi connectivity index (χ3n) is 5.31. The van der Waals surface area contributed by atoms with E-state index in [9.17, 15) is 4.79 Å². The number of pyridine rings is 1. The van der Waals surface area contributed by atoms with Crippen LogP contribution < -0.4 is 0 Å². The summed E-state index contributed by atoms with van der Waals surface area (Å²) in [7, 11) is 0. The van der Waals surface area contributed by atoms with Crippen molar-refractivity contribution < 1.29 is 4.79 Å². The Hall–Kier alpha value is -2.68. The van der Waals surface area contributed by atoms with Crippen LogP contribution in [0.15, 0.2) is 48.5 Å². The first-order chi connectivity index (χ1) is 12.1. The summed E-state index contributed by atoms with van der Waals surface area (Å²) >= 11 is 0. The molecule has 0 saturated carbocycles. The number of amides is 1. The summed E-state index contributed by atoms with van der Waals surface area (Å²) in [6, 6.07) is 16.6. The Balaban J connectivity index is 1.80. The molecule has 3 heteroatoms. The lowest BCUT2D eigenvalue weighted by atomic mass is 9.91. The van der Waals surface area contributed by atoms with Crippen molar-refractivity contribution in [1.82, 2.24) is 9.88 Å². The standard InChI is InChI=1S/C22H22N2O/c1-14-9-10-19-18(13-14)21(15(2)16(3)23-19)22(25)24-12-11-20(24)17-7-5-4-6-8-17/h4-10,13,20H,11-12H2,1-3H3/t20-/m1/s1. The van der Waals surface area contributed by atoms with E-state index in [1.807, 2.05) is 43.0 Å². The Bertz CT molecular complexity index is 963. The molecule has 2 heterocycles. The number of hydrogen-bond donors (Lipinski definition) is 0. The molecule has 0 aliphatic carbocycles. The minimum atomic E-state index is 0.124. The summed E-state index contributed by atoms with van der Waals surface area (Å²) in [4.78, 5) is 20.1. The number of hydrogen-bond acceptors (Lipinski definition) is 2. The molecule has 4 rings (SSSR count). The van der Waals surface area contributed by atoms with Gasteiger partial charge in [-0.2, -0.15) is 0 Å². The average Bonchev–Trinajstić information content (AvgIpc) is 2.56. The second-order valence-corrected chi connectivity index (χ2v) is 6.93. The van der Waals surface area contributed by atoms with E-state index in [0.29, 0.717) is 0 Å². The largest absolute Gasteiger partial charge is 0.331 e. The maximum Gasteiger partial charge on any atom is 0.255 e. The Morgan fingerprint density at radius 1 is 1.08 bits per heavy atom. The number of aryl methyl sites for hydroxylation is 2. The number of likely N-dealkylation sites (tertiary alicyclic amines) is 1. The normalized spacial score (nSPS) is 16.8. The van der Waals surface area contributed by atoms with Gasteiger partial charge in [0.15, 0.2) is 0 Å². The molecule has 0 spiro atoms. The summed E-state index contributed by atoms with van der Waals surface area (Å²) in [6.45, 7) is 6.86. The average molecular weight is 330 g/mol. The summed E-state index contributed by atoms with van der Waals surface area (Å²) in [5.74, 6) is 0.124. The molecule has 1 aromatic heterocycles. The molecule has 1 atom stereocenters. The van der Waals surface area contributed by atoms with Crippen LogP contribution in [0.1, 0.15) is 45.2 Å². The predicted molar refractivity (Wildman–Crippen MR) is 101 cm³/mol. The zero-order chi connectivity index (χ0) is 17.6. The van der Waals surface area contributed by atoms with Gasteiger partial charge in [-0.05, 0) is 50.5 Å². The van der Waals surface area contributed by atoms with E-state index >= 15 is 0 Å². The second-order valence-electron chi connectivity index (χ2n) is 6.93. The monoisotopic (exact) mass is 330 g/mol. The summed E-state index contributed by atoms with van der Waals surface area (Å²) in [6.07, 6.45) is 1.02. The van der Waals surface area contributed by atoms with Gasteiger partial charge in [-0.25, -0.2) is 0 Å². The van der Waals surface area contributed by atoms with Gasteiger partial charge in [0.05, 0.1) is 17.1 Å². The molecule has 126 valence electrons. The fourth-order valence-corrected chi connectivity index (χ4v) is 3.67. The molecular formula is C22H22N2O. The van der Waals surface area contributed by atoms with Crippen molar-refractivity contribution in [2.75, 3.05) is 6.54 Å². The highest BCUT2D eigenvalue weighted by atomic mass is 16.2. The van der Waals surface area contributed by atoms with E-state index in [-0.39, 0.29) is 11.9 Å². The highest BCUT2D eigenvalue weighted by molar-refractivity contribution is 6.08. The number of aromatic nitrogens is 1. The minimum absolute atomic E-state index is 0.124. The third-order valence-corrected chi connectivity index (χ3v) is 5.31. The lowest BCUT2D eigenvalue weighted by molar-refractivity contribution is 0.0461. The molecule has 3 aromatic rings. The van der Waals surface area contributed by atoms with Crippen molar-refractivity contribution in [2.24, 2.45) is 0 Å². The number of nitrogens with zero attached hydrogens (tertiary/aromatic N) is 2. The highest BCUT2D eigenvalue weighted by Gasteiger charge is 2.35. The van der Waals surface area contributed by atoms with Crippen molar-refractivity contribution in [3.05, 3.63) is 76.5 Å². The highest BCUT2D eigenvalue weighted by Crippen LogP contribution is 2.36. The maximum atomic E-state index is 13.4. The molecule has 3 nitrogen and oxygen atoms in total. The minimum Gasteiger partial charge on any atom is -0.331 e. The Morgan fingerprint density at radius 3 is 2.52 bits per heavy atom. The second kappa shape index (κ2) is 5.99. The number of carbonyl (C=O) groups is 1. The van der Waals surface area contributed by atoms with Crippen LogP contribution in [0, 0.1) is 20.8 Å². The fraction of sp³-hybridized carbons (Fsp3) is 0.273. The van der Waals surface area contributed by atoms with E-state index < -0.39 is 0 Å². The maximum absolute atomic E-state index is 13.4. The Morgan fingerprint density at radius 2 is 1.84 bits per heavy atom. The van der Waals surface area contributed by atoms with E-state index in [1.165, 1.54) is 5.56 Å². The van der Waals surface area contributed by atoms with Crippen LogP contribution in [-0.2, 0) is 0 Å². The van der Waals surface area contributed by atoms with Crippen LogP contribution in [0.5, 0.6) is 0 Å². The number of carbonyl (C=O) groups excluding carboxylic acids is 1. The van der Waals surface area contributed by atoms with Crippen molar-refractivity contribution >= 4 is 16.8 Å². The van der Waals surface area contributed by atoms with Gasteiger partial charge in [0.25, 0.3) is 5.91 Å². The third kappa shape index (κ3) is 2.60. The van der Waals surface area contributed by atoms with Crippen molar-refractivity contribution in [3.63, 3.8) is 0 Å². The van der Waals surface area contributed by atoms with E-state index in [2.05, 4.69) is 36.2 Å². The van der Waals surface area contributed by atoms with E-state index in [4.69, 9.17) is 0 Å². The lowest BCUT2D eigenvalue weighted by Crippen LogP contribution is -2.45. The molecule has 1 aliphatic rings. The van der Waals surface area contributed by atoms with Gasteiger partial charge in [-0.1, -0.05) is 42.0 Å². The molecule has 1 saturated heterocycles. The molecular weight excluding hydrogens is 308 g/mol. The predicted octanol–water partition coefficient (Wildman–Crippen LogP) is 4.75. The molecule has 0 bridgehead atoms. The van der Waals surface area contributed by atoms with Crippen LogP contribution >= 0.6 is 0 Å². The zero-order valence-corrected chi connectivity index (χ0v) is 14.9. The molecule has 1 aliphatic heterocycles. The SMILES string of the molecule is Cc1ccc2nc(C)c(C)c(C(=O)N3CC[C@@H]3c3ccccc3)c2c1. The summed E-state index contributed by atoms with van der Waals surface area (Å²) < 4.78 is 0. The summed E-state index contributed by atoms with van der Waals surface area (Å²) in [5.41, 5.74) is 5.99. The van der Waals surface area contributed by atoms with Crippen LogP contribution in [0.2, 0.25) is 0 Å². The first-order valence-corrected chi connectivity index (χ1v) is 8.80. The quantitative estimate of drug-likeness (QED) is 0.679. The Kier molecular flexibility index (Phi) is 3.79. The fourth-order valence-electron chi connectivity index (χ4n) is 3.67. The van der Waals surface area contributed by atoms with Crippen LogP contribution in [-0.4, -0.2) is 22.3 Å². The van der Waals surface area contributed by atoms with Gasteiger partial charge in [-0.3, -0.25) is 9.78 Å². The molecule has 2 aromatic carbocycles. The van der Waals surface area contributed by atoms with Gasteiger partial charge < -0.3 is 4.90 Å².